The predicted octanol–water partition coefficient (Wildman–Crippen LogP) is 5.43. The van der Waals surface area contributed by atoms with Crippen LogP contribution in [0.4, 0.5) is 13.2 Å². The molecule has 162 valence electrons. The Balaban J connectivity index is 1.37. The Kier molecular flexibility index (Phi) is 6.36. The molecular weight excluding hydrogens is 437 g/mol. The summed E-state index contributed by atoms with van der Waals surface area (Å²) in [5.74, 6) is 0.0935. The van der Waals surface area contributed by atoms with Gasteiger partial charge in [0.1, 0.15) is 0 Å². The summed E-state index contributed by atoms with van der Waals surface area (Å²) in [4.78, 5) is 20.9. The van der Waals surface area contributed by atoms with E-state index in [0.29, 0.717) is 16.0 Å². The number of thioether (sulfide) groups is 1. The van der Waals surface area contributed by atoms with Crippen LogP contribution in [0.25, 0.3) is 21.8 Å². The summed E-state index contributed by atoms with van der Waals surface area (Å²) in [5, 5.41) is 5.34. The molecule has 0 unspecified atom stereocenters. The number of alkyl halides is 3. The number of nitrogens with zero attached hydrogens (tertiary/aromatic N) is 3. The van der Waals surface area contributed by atoms with Crippen molar-refractivity contribution in [1.29, 1.82) is 0 Å². The highest BCUT2D eigenvalue weighted by atomic mass is 32.2. The number of hydrogen-bond donors (Lipinski definition) is 1. The van der Waals surface area contributed by atoms with Crippen molar-refractivity contribution in [3.05, 3.63) is 78.1 Å². The third kappa shape index (κ3) is 4.88. The van der Waals surface area contributed by atoms with Crippen LogP contribution in [0.2, 0.25) is 0 Å². The van der Waals surface area contributed by atoms with E-state index in [1.54, 1.807) is 24.5 Å². The minimum Gasteiger partial charge on any atom is -0.273 e. The number of hydrazone groups is 1. The highest BCUT2D eigenvalue weighted by Gasteiger charge is 2.33. The van der Waals surface area contributed by atoms with Crippen LogP contribution in [0.3, 0.4) is 0 Å². The lowest BCUT2D eigenvalue weighted by Gasteiger charge is -2.11. The quantitative estimate of drug-likeness (QED) is 0.240. The summed E-state index contributed by atoms with van der Waals surface area (Å²) >= 11 is 1.30. The van der Waals surface area contributed by atoms with Crippen LogP contribution in [0.5, 0.6) is 0 Å². The van der Waals surface area contributed by atoms with E-state index in [2.05, 4.69) is 20.5 Å². The summed E-state index contributed by atoms with van der Waals surface area (Å²) in [5.41, 5.74) is 3.28. The summed E-state index contributed by atoms with van der Waals surface area (Å²) < 4.78 is 39.7. The number of hydrogen-bond acceptors (Lipinski definition) is 5. The lowest BCUT2D eigenvalue weighted by atomic mass is 10.1. The second-order valence-corrected chi connectivity index (χ2v) is 7.95. The van der Waals surface area contributed by atoms with Crippen molar-refractivity contribution in [2.24, 2.45) is 5.10 Å². The van der Waals surface area contributed by atoms with E-state index in [4.69, 9.17) is 0 Å². The molecular formula is C23H17F3N4OS. The molecule has 0 saturated carbocycles. The highest BCUT2D eigenvalue weighted by Crippen LogP contribution is 2.36. The first-order chi connectivity index (χ1) is 15.4. The first kappa shape index (κ1) is 21.8. The van der Waals surface area contributed by atoms with Gasteiger partial charge in [0.25, 0.3) is 0 Å². The number of fused-ring (bicyclic) bond motifs is 2. The predicted molar refractivity (Wildman–Crippen MR) is 120 cm³/mol. The summed E-state index contributed by atoms with van der Waals surface area (Å²) in [6.07, 6.45) is 0.293. The van der Waals surface area contributed by atoms with Crippen LogP contribution < -0.4 is 5.43 Å². The number of amides is 1. The Hall–Kier alpha value is -3.46. The number of para-hydroxylation sites is 1. The van der Waals surface area contributed by atoms with E-state index < -0.39 is 11.7 Å². The third-order valence-electron chi connectivity index (χ3n) is 4.70. The lowest BCUT2D eigenvalue weighted by molar-refractivity contribution is -0.136. The fourth-order valence-corrected chi connectivity index (χ4v) is 4.21. The van der Waals surface area contributed by atoms with Gasteiger partial charge in [-0.1, -0.05) is 30.3 Å². The Morgan fingerprint density at radius 3 is 2.66 bits per heavy atom. The molecule has 4 aromatic rings. The minimum atomic E-state index is -4.48. The number of aromatic nitrogens is 2. The Bertz CT molecular complexity index is 1300. The van der Waals surface area contributed by atoms with E-state index in [1.165, 1.54) is 24.0 Å². The zero-order valence-electron chi connectivity index (χ0n) is 16.6. The molecule has 0 aliphatic heterocycles. The van der Waals surface area contributed by atoms with Gasteiger partial charge in [0.15, 0.2) is 0 Å². The van der Waals surface area contributed by atoms with Crippen molar-refractivity contribution in [3.8, 4) is 0 Å². The van der Waals surface area contributed by atoms with Crippen LogP contribution in [0.15, 0.2) is 77.0 Å². The molecule has 0 aliphatic carbocycles. The molecule has 0 atom stereocenters. The molecule has 4 rings (SSSR count). The monoisotopic (exact) mass is 454 g/mol. The molecule has 0 spiro atoms. The first-order valence-electron chi connectivity index (χ1n) is 9.67. The fourth-order valence-electron chi connectivity index (χ4n) is 3.23. The molecule has 2 heterocycles. The van der Waals surface area contributed by atoms with E-state index in [9.17, 15) is 18.0 Å². The molecule has 0 bridgehead atoms. The normalized spacial score (nSPS) is 12.0. The summed E-state index contributed by atoms with van der Waals surface area (Å²) in [7, 11) is 0. The van der Waals surface area contributed by atoms with Gasteiger partial charge >= 0.3 is 6.18 Å². The highest BCUT2D eigenvalue weighted by molar-refractivity contribution is 7.99. The van der Waals surface area contributed by atoms with Crippen LogP contribution in [0, 0.1) is 0 Å². The second-order valence-electron chi connectivity index (χ2n) is 6.82. The van der Waals surface area contributed by atoms with Crippen molar-refractivity contribution in [1.82, 2.24) is 15.4 Å². The zero-order valence-corrected chi connectivity index (χ0v) is 17.5. The van der Waals surface area contributed by atoms with Gasteiger partial charge in [-0.25, -0.2) is 5.43 Å². The average Bonchev–Trinajstić information content (AvgIpc) is 2.78. The minimum absolute atomic E-state index is 0.0939. The van der Waals surface area contributed by atoms with Crippen LogP contribution in [-0.2, 0) is 11.0 Å². The number of halogens is 3. The largest absolute Gasteiger partial charge is 0.418 e. The maximum absolute atomic E-state index is 13.2. The maximum Gasteiger partial charge on any atom is 0.418 e. The summed E-state index contributed by atoms with van der Waals surface area (Å²) in [6, 6.07) is 15.0. The molecule has 2 aromatic carbocycles. The van der Waals surface area contributed by atoms with Crippen molar-refractivity contribution >= 4 is 45.7 Å². The van der Waals surface area contributed by atoms with E-state index in [-0.39, 0.29) is 17.8 Å². The standard InChI is InChI=1S/C23H17F3N4OS/c24-23(25,26)18-7-2-5-17-20(9-12-28-22(17)18)32-13-10-21(31)30-29-14-15-4-1-8-19-16(15)6-3-11-27-19/h1-9,11-12,14H,10,13H2,(H,30,31)/b29-14+. The first-order valence-corrected chi connectivity index (χ1v) is 10.7. The molecule has 1 amide bonds. The van der Waals surface area contributed by atoms with Crippen LogP contribution >= 0.6 is 11.8 Å². The van der Waals surface area contributed by atoms with Gasteiger partial charge in [0, 0.05) is 45.8 Å². The van der Waals surface area contributed by atoms with Gasteiger partial charge in [0.2, 0.25) is 5.91 Å². The zero-order chi connectivity index (χ0) is 22.6. The Labute approximate surface area is 185 Å². The smallest absolute Gasteiger partial charge is 0.273 e. The molecule has 5 nitrogen and oxygen atoms in total. The maximum atomic E-state index is 13.2. The molecule has 32 heavy (non-hydrogen) atoms. The van der Waals surface area contributed by atoms with E-state index >= 15 is 0 Å². The van der Waals surface area contributed by atoms with Gasteiger partial charge in [-0.3, -0.25) is 14.8 Å². The molecule has 0 saturated heterocycles. The average molecular weight is 454 g/mol. The fraction of sp³-hybridized carbons (Fsp3) is 0.130. The lowest BCUT2D eigenvalue weighted by Crippen LogP contribution is -2.17. The molecule has 2 aromatic heterocycles. The van der Waals surface area contributed by atoms with Gasteiger partial charge in [-0.2, -0.15) is 18.3 Å². The van der Waals surface area contributed by atoms with Gasteiger partial charge in [-0.15, -0.1) is 11.8 Å². The number of carbonyl (C=O) groups is 1. The van der Waals surface area contributed by atoms with Crippen molar-refractivity contribution in [3.63, 3.8) is 0 Å². The van der Waals surface area contributed by atoms with Crippen molar-refractivity contribution in [2.45, 2.75) is 17.5 Å². The topological polar surface area (TPSA) is 67.2 Å². The van der Waals surface area contributed by atoms with Crippen LogP contribution in [-0.4, -0.2) is 27.8 Å². The van der Waals surface area contributed by atoms with Crippen molar-refractivity contribution < 1.29 is 18.0 Å². The van der Waals surface area contributed by atoms with E-state index in [0.717, 1.165) is 22.5 Å². The van der Waals surface area contributed by atoms with Gasteiger partial charge in [0.05, 0.1) is 22.8 Å². The Morgan fingerprint density at radius 2 is 1.81 bits per heavy atom. The van der Waals surface area contributed by atoms with Gasteiger partial charge in [-0.05, 0) is 24.3 Å². The van der Waals surface area contributed by atoms with Gasteiger partial charge < -0.3 is 0 Å². The van der Waals surface area contributed by atoms with Crippen molar-refractivity contribution in [2.75, 3.05) is 5.75 Å². The molecule has 0 aliphatic rings. The number of carbonyl (C=O) groups excluding carboxylic acids is 1. The van der Waals surface area contributed by atoms with Crippen LogP contribution in [0.1, 0.15) is 17.5 Å². The molecule has 0 radical (unpaired) electrons. The van der Waals surface area contributed by atoms with E-state index in [1.807, 2.05) is 30.3 Å². The molecule has 9 heteroatoms. The number of benzene rings is 2. The number of rotatable bonds is 6. The third-order valence-corrected chi connectivity index (χ3v) is 5.77. The SMILES string of the molecule is O=C(CCSc1ccnc2c(C(F)(F)F)cccc12)N/N=C/c1cccc2ncccc12. The Morgan fingerprint density at radius 1 is 1.00 bits per heavy atom. The second kappa shape index (κ2) is 9.35. The number of pyridine rings is 2. The molecule has 0 fully saturated rings. The number of nitrogens with one attached hydrogen (secondary N) is 1. The summed E-state index contributed by atoms with van der Waals surface area (Å²) in [6.45, 7) is 0. The molecule has 1 N–H and O–H groups in total.